The van der Waals surface area contributed by atoms with Gasteiger partial charge in [-0.05, 0) is 38.1 Å². The number of hydrogen-bond donors (Lipinski definition) is 1. The lowest BCUT2D eigenvalue weighted by atomic mass is 10.3. The smallest absolute Gasteiger partial charge is 0.165 e. The highest BCUT2D eigenvalue weighted by Gasteiger charge is 2.16. The molecule has 1 saturated heterocycles. The largest absolute Gasteiger partial charge is 0.488 e. The van der Waals surface area contributed by atoms with Crippen molar-refractivity contribution >= 4 is 0 Å². The Kier molecular flexibility index (Phi) is 4.34. The van der Waals surface area contributed by atoms with Gasteiger partial charge in [0.15, 0.2) is 11.6 Å². The van der Waals surface area contributed by atoms with Crippen LogP contribution in [0.4, 0.5) is 4.39 Å². The lowest BCUT2D eigenvalue weighted by Crippen LogP contribution is -2.33. The first-order chi connectivity index (χ1) is 8.25. The van der Waals surface area contributed by atoms with Crippen molar-refractivity contribution in [3.8, 4) is 5.75 Å². The molecule has 0 amide bonds. The predicted octanol–water partition coefficient (Wildman–Crippen LogP) is 1.66. The second-order valence-electron chi connectivity index (χ2n) is 4.40. The van der Waals surface area contributed by atoms with Gasteiger partial charge in [-0.3, -0.25) is 0 Å². The van der Waals surface area contributed by atoms with Crippen LogP contribution in [-0.2, 0) is 0 Å². The third-order valence-electron chi connectivity index (χ3n) is 2.94. The number of rotatable bonds is 5. The van der Waals surface area contributed by atoms with Crippen molar-refractivity contribution in [1.29, 1.82) is 0 Å². The van der Waals surface area contributed by atoms with Crippen LogP contribution in [0.5, 0.6) is 5.75 Å². The molecule has 1 aromatic carbocycles. The summed E-state index contributed by atoms with van der Waals surface area (Å²) < 4.78 is 18.5. The van der Waals surface area contributed by atoms with Gasteiger partial charge in [-0.25, -0.2) is 4.39 Å². The highest BCUT2D eigenvalue weighted by Crippen LogP contribution is 2.15. The molecule has 1 N–H and O–H groups in total. The first-order valence-corrected chi connectivity index (χ1v) is 6.03. The zero-order valence-electron chi connectivity index (χ0n) is 9.81. The van der Waals surface area contributed by atoms with Crippen molar-refractivity contribution in [3.05, 3.63) is 30.1 Å². The average Bonchev–Trinajstić information content (AvgIpc) is 2.81. The molecule has 1 atom stereocenters. The summed E-state index contributed by atoms with van der Waals surface area (Å²) in [7, 11) is 0. The topological polar surface area (TPSA) is 32.7 Å². The Hall–Kier alpha value is -1.13. The summed E-state index contributed by atoms with van der Waals surface area (Å²) in [6, 6.07) is 6.24. The van der Waals surface area contributed by atoms with Crippen molar-refractivity contribution in [2.24, 2.45) is 0 Å². The van der Waals surface area contributed by atoms with Crippen LogP contribution in [0.3, 0.4) is 0 Å². The molecule has 2 rings (SSSR count). The Morgan fingerprint density at radius 2 is 2.00 bits per heavy atom. The van der Waals surface area contributed by atoms with Crippen LogP contribution in [0, 0.1) is 5.82 Å². The van der Waals surface area contributed by atoms with E-state index in [4.69, 9.17) is 4.74 Å². The van der Waals surface area contributed by atoms with Crippen LogP contribution >= 0.6 is 0 Å². The summed E-state index contributed by atoms with van der Waals surface area (Å²) in [4.78, 5) is 2.20. The number of ether oxygens (including phenoxy) is 1. The third-order valence-corrected chi connectivity index (χ3v) is 2.94. The minimum absolute atomic E-state index is 0.136. The van der Waals surface area contributed by atoms with E-state index in [1.54, 1.807) is 18.2 Å². The Morgan fingerprint density at radius 3 is 2.71 bits per heavy atom. The second-order valence-corrected chi connectivity index (χ2v) is 4.40. The van der Waals surface area contributed by atoms with E-state index in [2.05, 4.69) is 4.90 Å². The molecule has 1 aromatic rings. The fourth-order valence-corrected chi connectivity index (χ4v) is 2.06. The van der Waals surface area contributed by atoms with E-state index in [-0.39, 0.29) is 18.2 Å². The van der Waals surface area contributed by atoms with Gasteiger partial charge in [0.2, 0.25) is 0 Å². The third kappa shape index (κ3) is 3.68. The van der Waals surface area contributed by atoms with Crippen molar-refractivity contribution in [2.45, 2.75) is 18.9 Å². The van der Waals surface area contributed by atoms with Crippen molar-refractivity contribution in [1.82, 2.24) is 4.90 Å². The zero-order chi connectivity index (χ0) is 12.1. The molecule has 0 bridgehead atoms. The molecule has 17 heavy (non-hydrogen) atoms. The molecular formula is C13H18FNO2. The van der Waals surface area contributed by atoms with Gasteiger partial charge in [0.25, 0.3) is 0 Å². The standard InChI is InChI=1S/C13H18FNO2/c14-12-5-1-2-6-13(12)17-10-11(16)9-15-7-3-4-8-15/h1-2,5-6,11,16H,3-4,7-10H2. The maximum Gasteiger partial charge on any atom is 0.165 e. The first-order valence-electron chi connectivity index (χ1n) is 6.03. The van der Waals surface area contributed by atoms with Crippen LogP contribution in [-0.4, -0.2) is 42.4 Å². The molecule has 94 valence electrons. The average molecular weight is 239 g/mol. The Balaban J connectivity index is 1.75. The van der Waals surface area contributed by atoms with Gasteiger partial charge in [0, 0.05) is 6.54 Å². The van der Waals surface area contributed by atoms with E-state index in [9.17, 15) is 9.50 Å². The Morgan fingerprint density at radius 1 is 1.29 bits per heavy atom. The number of aliphatic hydroxyl groups excluding tert-OH is 1. The first kappa shape index (κ1) is 12.3. The van der Waals surface area contributed by atoms with Crippen molar-refractivity contribution in [3.63, 3.8) is 0 Å². The Labute approximate surface area is 101 Å². The summed E-state index contributed by atoms with van der Waals surface area (Å²) in [6.45, 7) is 2.82. The molecule has 1 aliphatic rings. The lowest BCUT2D eigenvalue weighted by molar-refractivity contribution is 0.0743. The van der Waals surface area contributed by atoms with Gasteiger partial charge in [0.05, 0.1) is 0 Å². The highest BCUT2D eigenvalue weighted by atomic mass is 19.1. The van der Waals surface area contributed by atoms with E-state index in [0.717, 1.165) is 13.1 Å². The second kappa shape index (κ2) is 5.98. The van der Waals surface area contributed by atoms with E-state index in [0.29, 0.717) is 6.54 Å². The number of likely N-dealkylation sites (tertiary alicyclic amines) is 1. The highest BCUT2D eigenvalue weighted by molar-refractivity contribution is 5.23. The van der Waals surface area contributed by atoms with Crippen molar-refractivity contribution < 1.29 is 14.2 Å². The molecule has 3 nitrogen and oxygen atoms in total. The summed E-state index contributed by atoms with van der Waals surface area (Å²) in [6.07, 6.45) is 1.83. The molecule has 0 radical (unpaired) electrons. The molecule has 1 heterocycles. The number of hydrogen-bond acceptors (Lipinski definition) is 3. The van der Waals surface area contributed by atoms with Gasteiger partial charge in [-0.15, -0.1) is 0 Å². The number of nitrogens with zero attached hydrogens (tertiary/aromatic N) is 1. The number of halogens is 1. The van der Waals surface area contributed by atoms with Crippen LogP contribution in [0.2, 0.25) is 0 Å². The zero-order valence-corrected chi connectivity index (χ0v) is 9.81. The minimum Gasteiger partial charge on any atom is -0.488 e. The molecule has 0 aromatic heterocycles. The van der Waals surface area contributed by atoms with Crippen LogP contribution in [0.25, 0.3) is 0 Å². The van der Waals surface area contributed by atoms with Crippen LogP contribution in [0.1, 0.15) is 12.8 Å². The van der Waals surface area contributed by atoms with E-state index in [1.807, 2.05) is 0 Å². The minimum atomic E-state index is -0.562. The fourth-order valence-electron chi connectivity index (χ4n) is 2.06. The van der Waals surface area contributed by atoms with Crippen LogP contribution < -0.4 is 4.74 Å². The molecule has 1 unspecified atom stereocenters. The quantitative estimate of drug-likeness (QED) is 0.848. The van der Waals surface area contributed by atoms with Crippen LogP contribution in [0.15, 0.2) is 24.3 Å². The van der Waals surface area contributed by atoms with Gasteiger partial charge in [0.1, 0.15) is 12.7 Å². The van der Waals surface area contributed by atoms with E-state index in [1.165, 1.54) is 18.9 Å². The molecule has 1 aliphatic heterocycles. The van der Waals surface area contributed by atoms with Gasteiger partial charge < -0.3 is 14.7 Å². The monoisotopic (exact) mass is 239 g/mol. The lowest BCUT2D eigenvalue weighted by Gasteiger charge is -2.19. The molecule has 0 aliphatic carbocycles. The predicted molar refractivity (Wildman–Crippen MR) is 63.6 cm³/mol. The molecular weight excluding hydrogens is 221 g/mol. The molecule has 1 fully saturated rings. The molecule has 4 heteroatoms. The molecule has 0 saturated carbocycles. The fraction of sp³-hybridized carbons (Fsp3) is 0.538. The van der Waals surface area contributed by atoms with Crippen molar-refractivity contribution in [2.75, 3.05) is 26.2 Å². The normalized spacial score (nSPS) is 18.2. The van der Waals surface area contributed by atoms with E-state index >= 15 is 0 Å². The maximum atomic E-state index is 13.2. The summed E-state index contributed by atoms with van der Waals surface area (Å²) in [5.74, 6) is -0.186. The maximum absolute atomic E-state index is 13.2. The number of para-hydroxylation sites is 1. The number of benzene rings is 1. The number of β-amino-alcohol motifs (C(OH)–C–C–N with tert-alkyl or cyclic N) is 1. The molecule has 0 spiro atoms. The Bertz CT molecular complexity index is 353. The SMILES string of the molecule is OC(COc1ccccc1F)CN1CCCC1. The van der Waals surface area contributed by atoms with Gasteiger partial charge >= 0.3 is 0 Å². The van der Waals surface area contributed by atoms with Gasteiger partial charge in [-0.2, -0.15) is 0 Å². The number of aliphatic hydroxyl groups is 1. The summed E-state index contributed by atoms with van der Waals surface area (Å²) in [5, 5.41) is 9.77. The van der Waals surface area contributed by atoms with E-state index < -0.39 is 6.10 Å². The van der Waals surface area contributed by atoms with Gasteiger partial charge in [-0.1, -0.05) is 12.1 Å². The summed E-state index contributed by atoms with van der Waals surface area (Å²) >= 11 is 0. The summed E-state index contributed by atoms with van der Waals surface area (Å²) in [5.41, 5.74) is 0.